The number of rotatable bonds is 2. The van der Waals surface area contributed by atoms with Crippen LogP contribution < -0.4 is 16.2 Å². The number of pyridine rings is 1. The molecule has 2 heterocycles. The number of halogens is 3. The number of fused-ring (bicyclic) bond motifs is 1. The number of aromatic amines is 1. The molecule has 3 N–H and O–H groups in total. The average Bonchev–Trinajstić information content (AvgIpc) is 2.87. The summed E-state index contributed by atoms with van der Waals surface area (Å²) >= 11 is 3.28. The topological polar surface area (TPSA) is 74.0 Å². The van der Waals surface area contributed by atoms with Crippen LogP contribution in [0.3, 0.4) is 0 Å². The van der Waals surface area contributed by atoms with E-state index in [1.165, 1.54) is 19.3 Å². The van der Waals surface area contributed by atoms with Gasteiger partial charge in [0.25, 0.3) is 5.56 Å². The van der Waals surface area contributed by atoms with Crippen LogP contribution in [-0.4, -0.2) is 23.0 Å². The van der Waals surface area contributed by atoms with E-state index >= 15 is 0 Å². The molecule has 2 aliphatic rings. The van der Waals surface area contributed by atoms with Crippen molar-refractivity contribution in [3.8, 4) is 0 Å². The highest BCUT2D eigenvalue weighted by Crippen LogP contribution is 2.33. The zero-order valence-corrected chi connectivity index (χ0v) is 15.2. The van der Waals surface area contributed by atoms with E-state index in [1.807, 2.05) is 0 Å². The Balaban J connectivity index is 0.00000121. The Morgan fingerprint density at radius 3 is 2.73 bits per heavy atom. The van der Waals surface area contributed by atoms with Crippen molar-refractivity contribution < 1.29 is 4.79 Å². The van der Waals surface area contributed by atoms with Gasteiger partial charge in [-0.2, -0.15) is 0 Å². The van der Waals surface area contributed by atoms with Crippen molar-refractivity contribution in [3.63, 3.8) is 0 Å². The maximum atomic E-state index is 12.3. The number of amides is 1. The van der Waals surface area contributed by atoms with Crippen LogP contribution in [0.25, 0.3) is 0 Å². The minimum Gasteiger partial charge on any atom is -0.326 e. The molecule has 3 atom stereocenters. The van der Waals surface area contributed by atoms with Crippen molar-refractivity contribution in [3.05, 3.63) is 27.1 Å². The number of carbonyl (C=O) groups excluding carboxylic acids is 1. The number of hydrogen-bond acceptors (Lipinski definition) is 3. The van der Waals surface area contributed by atoms with Crippen LogP contribution >= 0.6 is 40.7 Å². The number of nitrogens with one attached hydrogen (secondary N) is 3. The van der Waals surface area contributed by atoms with E-state index < -0.39 is 0 Å². The molecule has 0 radical (unpaired) electrons. The third kappa shape index (κ3) is 4.25. The van der Waals surface area contributed by atoms with Crippen molar-refractivity contribution in [2.75, 3.05) is 5.32 Å². The van der Waals surface area contributed by atoms with Crippen molar-refractivity contribution in [2.45, 2.75) is 44.2 Å². The molecule has 8 heteroatoms. The van der Waals surface area contributed by atoms with Gasteiger partial charge in [-0.1, -0.05) is 12.8 Å². The summed E-state index contributed by atoms with van der Waals surface area (Å²) in [6, 6.07) is 1.92. The molecule has 3 rings (SSSR count). The first kappa shape index (κ1) is 19.5. The standard InChI is InChI=1S/C14H18BrN3O2.2ClH/c15-9-6-12(13(19)16-7-9)18-14(20)11-5-8-3-1-2-4-10(8)17-11;;/h6-8,10-11,17H,1-5H2,(H,16,19)(H,18,20);2*1H. The Morgan fingerprint density at radius 2 is 2.00 bits per heavy atom. The number of H-pyrrole nitrogens is 1. The van der Waals surface area contributed by atoms with E-state index in [-0.39, 0.29) is 42.3 Å². The minimum absolute atomic E-state index is 0. The highest BCUT2D eigenvalue weighted by atomic mass is 79.9. The zero-order chi connectivity index (χ0) is 14.1. The van der Waals surface area contributed by atoms with Gasteiger partial charge in [0.1, 0.15) is 5.69 Å². The molecule has 1 amide bonds. The van der Waals surface area contributed by atoms with Gasteiger partial charge in [0, 0.05) is 16.7 Å². The molecule has 1 aliphatic heterocycles. The summed E-state index contributed by atoms with van der Waals surface area (Å²) in [5, 5.41) is 6.14. The number of carbonyl (C=O) groups is 1. The van der Waals surface area contributed by atoms with Gasteiger partial charge in [-0.15, -0.1) is 24.8 Å². The first-order valence-corrected chi connectivity index (χ1v) is 7.88. The lowest BCUT2D eigenvalue weighted by atomic mass is 9.85. The lowest BCUT2D eigenvalue weighted by Crippen LogP contribution is -2.40. The van der Waals surface area contributed by atoms with Crippen molar-refractivity contribution in [2.24, 2.45) is 5.92 Å². The van der Waals surface area contributed by atoms with Gasteiger partial charge in [-0.05, 0) is 47.2 Å². The molecular weight excluding hydrogens is 393 g/mol. The smallest absolute Gasteiger partial charge is 0.271 e. The molecule has 1 aromatic heterocycles. The maximum absolute atomic E-state index is 12.3. The van der Waals surface area contributed by atoms with Crippen LogP contribution in [0.1, 0.15) is 32.1 Å². The predicted octanol–water partition coefficient (Wildman–Crippen LogP) is 2.84. The first-order chi connectivity index (χ1) is 9.63. The van der Waals surface area contributed by atoms with Crippen LogP contribution in [0.15, 0.2) is 21.5 Å². The van der Waals surface area contributed by atoms with Crippen LogP contribution in [0, 0.1) is 5.92 Å². The van der Waals surface area contributed by atoms with Gasteiger partial charge in [0.15, 0.2) is 0 Å². The van der Waals surface area contributed by atoms with Gasteiger partial charge in [-0.25, -0.2) is 0 Å². The molecule has 124 valence electrons. The highest BCUT2D eigenvalue weighted by Gasteiger charge is 2.38. The molecular formula is C14H20BrCl2N3O2. The molecule has 1 saturated heterocycles. The Kier molecular flexibility index (Phi) is 7.38. The Labute approximate surface area is 150 Å². The van der Waals surface area contributed by atoms with Gasteiger partial charge in [-0.3, -0.25) is 9.59 Å². The molecule has 0 aromatic carbocycles. The van der Waals surface area contributed by atoms with E-state index in [0.717, 1.165) is 17.3 Å². The molecule has 1 aromatic rings. The van der Waals surface area contributed by atoms with Crippen LogP contribution in [-0.2, 0) is 4.79 Å². The maximum Gasteiger partial charge on any atom is 0.271 e. The molecule has 1 aliphatic carbocycles. The molecule has 1 saturated carbocycles. The lowest BCUT2D eigenvalue weighted by molar-refractivity contribution is -0.117. The molecule has 2 fully saturated rings. The second-order valence-electron chi connectivity index (χ2n) is 5.66. The van der Waals surface area contributed by atoms with E-state index in [4.69, 9.17) is 0 Å². The third-order valence-electron chi connectivity index (χ3n) is 4.31. The van der Waals surface area contributed by atoms with E-state index in [1.54, 1.807) is 12.3 Å². The fraction of sp³-hybridized carbons (Fsp3) is 0.571. The monoisotopic (exact) mass is 411 g/mol. The summed E-state index contributed by atoms with van der Waals surface area (Å²) in [6.07, 6.45) is 7.31. The lowest BCUT2D eigenvalue weighted by Gasteiger charge is -2.24. The summed E-state index contributed by atoms with van der Waals surface area (Å²) in [6.45, 7) is 0. The summed E-state index contributed by atoms with van der Waals surface area (Å²) in [4.78, 5) is 26.5. The molecule has 22 heavy (non-hydrogen) atoms. The largest absolute Gasteiger partial charge is 0.326 e. The van der Waals surface area contributed by atoms with Gasteiger partial charge in [0.05, 0.1) is 6.04 Å². The van der Waals surface area contributed by atoms with Crippen molar-refractivity contribution >= 4 is 52.3 Å². The van der Waals surface area contributed by atoms with Crippen LogP contribution in [0.2, 0.25) is 0 Å². The van der Waals surface area contributed by atoms with Crippen LogP contribution in [0.5, 0.6) is 0 Å². The molecule has 0 bridgehead atoms. The van der Waals surface area contributed by atoms with Gasteiger partial charge >= 0.3 is 0 Å². The van der Waals surface area contributed by atoms with E-state index in [0.29, 0.717) is 17.6 Å². The molecule has 0 spiro atoms. The van der Waals surface area contributed by atoms with Crippen molar-refractivity contribution in [1.82, 2.24) is 10.3 Å². The summed E-state index contributed by atoms with van der Waals surface area (Å²) in [5.41, 5.74) is 0.0120. The summed E-state index contributed by atoms with van der Waals surface area (Å²) < 4.78 is 0.737. The predicted molar refractivity (Wildman–Crippen MR) is 95.2 cm³/mol. The van der Waals surface area contributed by atoms with E-state index in [9.17, 15) is 9.59 Å². The van der Waals surface area contributed by atoms with Gasteiger partial charge < -0.3 is 15.6 Å². The molecule has 3 unspecified atom stereocenters. The first-order valence-electron chi connectivity index (χ1n) is 7.08. The zero-order valence-electron chi connectivity index (χ0n) is 11.9. The fourth-order valence-corrected chi connectivity index (χ4v) is 3.63. The minimum atomic E-state index is -0.281. The van der Waals surface area contributed by atoms with Crippen molar-refractivity contribution in [1.29, 1.82) is 0 Å². The average molecular weight is 413 g/mol. The quantitative estimate of drug-likeness (QED) is 0.699. The van der Waals surface area contributed by atoms with E-state index in [2.05, 4.69) is 31.5 Å². The summed E-state index contributed by atoms with van der Waals surface area (Å²) in [7, 11) is 0. The fourth-order valence-electron chi connectivity index (χ4n) is 3.29. The number of hydrogen-bond donors (Lipinski definition) is 3. The Hall–Kier alpha value is -0.560. The second-order valence-corrected chi connectivity index (χ2v) is 6.57. The van der Waals surface area contributed by atoms with Crippen LogP contribution in [0.4, 0.5) is 5.69 Å². The third-order valence-corrected chi connectivity index (χ3v) is 4.76. The number of anilines is 1. The van der Waals surface area contributed by atoms with Gasteiger partial charge in [0.2, 0.25) is 5.91 Å². The number of aromatic nitrogens is 1. The Morgan fingerprint density at radius 1 is 1.27 bits per heavy atom. The second kappa shape index (κ2) is 8.34. The SMILES string of the molecule is Cl.Cl.O=C(Nc1cc(Br)c[nH]c1=O)C1CC2CCCCC2N1. The Bertz CT molecular complexity index is 567. The normalized spacial score (nSPS) is 26.3. The summed E-state index contributed by atoms with van der Waals surface area (Å²) in [5.74, 6) is 0.503. The molecule has 5 nitrogen and oxygen atoms in total. The highest BCUT2D eigenvalue weighted by molar-refractivity contribution is 9.10.